The van der Waals surface area contributed by atoms with E-state index in [4.69, 9.17) is 0 Å². The van der Waals surface area contributed by atoms with Crippen LogP contribution in [0, 0.1) is 0 Å². The van der Waals surface area contributed by atoms with Crippen molar-refractivity contribution < 1.29 is 12.6 Å². The molecule has 29 heavy (non-hydrogen) atoms. The number of hydrogen-bond donors (Lipinski definition) is 2. The smallest absolute Gasteiger partial charge is 0.236 e. The first-order valence-electron chi connectivity index (χ1n) is 10.4. The van der Waals surface area contributed by atoms with Crippen LogP contribution in [-0.4, -0.2) is 61.5 Å². The van der Waals surface area contributed by atoms with Crippen molar-refractivity contribution in [2.24, 2.45) is 4.99 Å². The van der Waals surface area contributed by atoms with Gasteiger partial charge in [0, 0.05) is 48.0 Å². The Morgan fingerprint density at radius 3 is 2.86 bits per heavy atom. The van der Waals surface area contributed by atoms with Gasteiger partial charge in [-0.2, -0.15) is 0 Å². The second-order valence-electron chi connectivity index (χ2n) is 7.57. The van der Waals surface area contributed by atoms with E-state index in [-0.39, 0.29) is 23.6 Å². The summed E-state index contributed by atoms with van der Waals surface area (Å²) in [6, 6.07) is 7.89. The van der Waals surface area contributed by atoms with Gasteiger partial charge in [0.25, 0.3) is 0 Å². The van der Waals surface area contributed by atoms with Crippen LogP contribution in [0.25, 0.3) is 0 Å². The molecule has 1 fully saturated rings. The number of sulfonamides is 1. The number of nitrogens with zero attached hydrogens (tertiary/aromatic N) is 2. The quantitative estimate of drug-likeness (QED) is 0.497. The van der Waals surface area contributed by atoms with Gasteiger partial charge in [-0.25, -0.2) is 8.42 Å². The molecule has 1 aliphatic heterocycles. The SMILES string of the molecule is CCS(=O)C1CCCC(NC(=NC)NCCS(=O)(=O)N2CCc3ccccc32)C1. The molecule has 0 spiro atoms. The molecule has 3 atom stereocenters. The van der Waals surface area contributed by atoms with E-state index >= 15 is 0 Å². The van der Waals surface area contributed by atoms with Gasteiger partial charge in [0.15, 0.2) is 5.96 Å². The zero-order valence-corrected chi connectivity index (χ0v) is 18.9. The van der Waals surface area contributed by atoms with Gasteiger partial charge >= 0.3 is 0 Å². The Hall–Kier alpha value is -1.61. The second kappa shape index (κ2) is 9.93. The van der Waals surface area contributed by atoms with E-state index in [2.05, 4.69) is 15.6 Å². The first-order valence-corrected chi connectivity index (χ1v) is 13.4. The normalized spacial score (nSPS) is 23.5. The van der Waals surface area contributed by atoms with Crippen molar-refractivity contribution in [3.63, 3.8) is 0 Å². The number of nitrogens with one attached hydrogen (secondary N) is 2. The Kier molecular flexibility index (Phi) is 7.56. The average molecular weight is 441 g/mol. The summed E-state index contributed by atoms with van der Waals surface area (Å²) in [6.07, 6.45) is 4.70. The van der Waals surface area contributed by atoms with Gasteiger partial charge in [-0.3, -0.25) is 13.5 Å². The summed E-state index contributed by atoms with van der Waals surface area (Å²) >= 11 is 0. The highest BCUT2D eigenvalue weighted by Gasteiger charge is 2.29. The molecule has 2 aliphatic rings. The van der Waals surface area contributed by atoms with E-state index in [9.17, 15) is 12.6 Å². The Bertz CT molecular complexity index is 857. The molecule has 2 N–H and O–H groups in total. The summed E-state index contributed by atoms with van der Waals surface area (Å²) in [5.41, 5.74) is 1.88. The van der Waals surface area contributed by atoms with Crippen molar-refractivity contribution in [1.29, 1.82) is 0 Å². The van der Waals surface area contributed by atoms with Crippen molar-refractivity contribution in [3.8, 4) is 0 Å². The third-order valence-electron chi connectivity index (χ3n) is 5.68. The van der Waals surface area contributed by atoms with Gasteiger partial charge in [0.05, 0.1) is 11.4 Å². The Morgan fingerprint density at radius 1 is 1.31 bits per heavy atom. The molecule has 0 aromatic heterocycles. The van der Waals surface area contributed by atoms with E-state index in [0.29, 0.717) is 18.3 Å². The number of guanidine groups is 1. The summed E-state index contributed by atoms with van der Waals surface area (Å²) in [5, 5.41) is 6.75. The Balaban J connectivity index is 1.50. The van der Waals surface area contributed by atoms with Crippen LogP contribution < -0.4 is 14.9 Å². The number of hydrogen-bond acceptors (Lipinski definition) is 4. The number of fused-ring (bicyclic) bond motifs is 1. The summed E-state index contributed by atoms with van der Waals surface area (Å²) in [5.74, 6) is 1.31. The van der Waals surface area contributed by atoms with Crippen molar-refractivity contribution >= 4 is 32.5 Å². The van der Waals surface area contributed by atoms with Crippen LogP contribution in [0.2, 0.25) is 0 Å². The highest BCUT2D eigenvalue weighted by atomic mass is 32.2. The number of anilines is 1. The summed E-state index contributed by atoms with van der Waals surface area (Å²) in [6.45, 7) is 2.76. The van der Waals surface area contributed by atoms with Gasteiger partial charge in [0.2, 0.25) is 10.0 Å². The van der Waals surface area contributed by atoms with Crippen LogP contribution in [-0.2, 0) is 27.2 Å². The topological polar surface area (TPSA) is 90.9 Å². The van der Waals surface area contributed by atoms with Gasteiger partial charge in [-0.15, -0.1) is 0 Å². The molecule has 1 aromatic carbocycles. The monoisotopic (exact) mass is 440 g/mol. The summed E-state index contributed by atoms with van der Waals surface area (Å²) < 4.78 is 39.2. The highest BCUT2D eigenvalue weighted by molar-refractivity contribution is 7.92. The van der Waals surface area contributed by atoms with Crippen molar-refractivity contribution in [1.82, 2.24) is 10.6 Å². The van der Waals surface area contributed by atoms with Gasteiger partial charge in [-0.05, 0) is 37.3 Å². The third-order valence-corrected chi connectivity index (χ3v) is 9.19. The molecule has 1 heterocycles. The molecule has 3 unspecified atom stereocenters. The van der Waals surface area contributed by atoms with E-state index in [0.717, 1.165) is 43.4 Å². The molecule has 0 amide bonds. The highest BCUT2D eigenvalue weighted by Crippen LogP contribution is 2.29. The zero-order valence-electron chi connectivity index (χ0n) is 17.3. The van der Waals surface area contributed by atoms with Crippen LogP contribution >= 0.6 is 0 Å². The number of rotatable bonds is 7. The van der Waals surface area contributed by atoms with Gasteiger partial charge in [-0.1, -0.05) is 31.5 Å². The average Bonchev–Trinajstić information content (AvgIpc) is 3.17. The lowest BCUT2D eigenvalue weighted by atomic mass is 9.95. The first kappa shape index (κ1) is 22.1. The first-order chi connectivity index (χ1) is 13.9. The van der Waals surface area contributed by atoms with Crippen LogP contribution in [0.5, 0.6) is 0 Å². The molecule has 0 saturated heterocycles. The standard InChI is InChI=1S/C20H32N4O3S2/c1-3-28(25)18-9-6-8-17(15-18)23-20(21-2)22-12-14-29(26,27)24-13-11-16-7-4-5-10-19(16)24/h4-5,7,10,17-18H,3,6,8-9,11-15H2,1-2H3,(H2,21,22,23). The lowest BCUT2D eigenvalue weighted by Crippen LogP contribution is -2.48. The molecule has 0 bridgehead atoms. The van der Waals surface area contributed by atoms with Crippen molar-refractivity contribution in [3.05, 3.63) is 29.8 Å². The maximum atomic E-state index is 12.8. The van der Waals surface area contributed by atoms with Crippen LogP contribution in [0.4, 0.5) is 5.69 Å². The second-order valence-corrected chi connectivity index (χ2v) is 11.6. The number of benzene rings is 1. The molecule has 0 radical (unpaired) electrons. The largest absolute Gasteiger partial charge is 0.355 e. The molecule has 3 rings (SSSR count). The van der Waals surface area contributed by atoms with Gasteiger partial charge < -0.3 is 10.6 Å². The Labute approximate surface area is 176 Å². The van der Waals surface area contributed by atoms with Crippen LogP contribution in [0.3, 0.4) is 0 Å². The third kappa shape index (κ3) is 5.51. The number of para-hydroxylation sites is 1. The predicted molar refractivity (Wildman–Crippen MR) is 121 cm³/mol. The molecule has 1 aliphatic carbocycles. The summed E-state index contributed by atoms with van der Waals surface area (Å²) in [4.78, 5) is 4.24. The molecule has 162 valence electrons. The van der Waals surface area contributed by atoms with Gasteiger partial charge in [0.1, 0.15) is 0 Å². The molecular weight excluding hydrogens is 408 g/mol. The van der Waals surface area contributed by atoms with Crippen LogP contribution in [0.15, 0.2) is 29.3 Å². The molecule has 7 nitrogen and oxygen atoms in total. The van der Waals surface area contributed by atoms with E-state index in [1.165, 1.54) is 4.31 Å². The van der Waals surface area contributed by atoms with Crippen molar-refractivity contribution in [2.45, 2.75) is 50.3 Å². The zero-order chi connectivity index (χ0) is 20.9. The Morgan fingerprint density at radius 2 is 2.10 bits per heavy atom. The number of aliphatic imine (C=N–C) groups is 1. The minimum Gasteiger partial charge on any atom is -0.355 e. The van der Waals surface area contributed by atoms with Crippen LogP contribution in [0.1, 0.15) is 38.2 Å². The maximum Gasteiger partial charge on any atom is 0.236 e. The minimum atomic E-state index is -3.39. The van der Waals surface area contributed by atoms with E-state index in [1.807, 2.05) is 31.2 Å². The lowest BCUT2D eigenvalue weighted by Gasteiger charge is -2.30. The molecule has 9 heteroatoms. The fraction of sp³-hybridized carbons (Fsp3) is 0.650. The predicted octanol–water partition coefficient (Wildman–Crippen LogP) is 1.62. The lowest BCUT2D eigenvalue weighted by molar-refractivity contribution is 0.414. The minimum absolute atomic E-state index is 0.00910. The molecule has 1 aromatic rings. The van der Waals surface area contributed by atoms with E-state index in [1.54, 1.807) is 7.05 Å². The molecule has 1 saturated carbocycles. The fourth-order valence-corrected chi connectivity index (χ4v) is 6.92. The van der Waals surface area contributed by atoms with Crippen molar-refractivity contribution in [2.75, 3.05) is 35.9 Å². The van der Waals surface area contributed by atoms with E-state index < -0.39 is 20.8 Å². The maximum absolute atomic E-state index is 12.8. The fourth-order valence-electron chi connectivity index (χ4n) is 4.14. The molecular formula is C20H32N4O3S2. The summed E-state index contributed by atoms with van der Waals surface area (Å²) in [7, 11) is -2.47.